The third kappa shape index (κ3) is 8.38. The molecule has 3 N–H and O–H groups in total. The highest BCUT2D eigenvalue weighted by atomic mass is 16.2. The van der Waals surface area contributed by atoms with Crippen LogP contribution in [0.4, 0.5) is 5.69 Å². The molecular weight excluding hydrogens is 362 g/mol. The van der Waals surface area contributed by atoms with Gasteiger partial charge in [0.15, 0.2) is 0 Å². The second kappa shape index (κ2) is 12.6. The van der Waals surface area contributed by atoms with Crippen molar-refractivity contribution in [1.29, 1.82) is 0 Å². The van der Waals surface area contributed by atoms with Crippen LogP contribution in [0.15, 0.2) is 54.6 Å². The summed E-state index contributed by atoms with van der Waals surface area (Å²) in [5.74, 6) is -0.132. The number of benzene rings is 2. The van der Waals surface area contributed by atoms with Gasteiger partial charge in [-0.05, 0) is 43.2 Å². The van der Waals surface area contributed by atoms with Crippen LogP contribution in [0.1, 0.15) is 67.9 Å². The minimum Gasteiger partial charge on any atom is -0.376 e. The predicted octanol–water partition coefficient (Wildman–Crippen LogP) is 4.68. The van der Waals surface area contributed by atoms with Crippen molar-refractivity contribution in [3.8, 4) is 0 Å². The minimum atomic E-state index is -0.117. The van der Waals surface area contributed by atoms with E-state index < -0.39 is 0 Å². The third-order valence-electron chi connectivity index (χ3n) is 4.85. The zero-order chi connectivity index (χ0) is 20.9. The van der Waals surface area contributed by atoms with Crippen molar-refractivity contribution in [2.75, 3.05) is 18.4 Å². The summed E-state index contributed by atoms with van der Waals surface area (Å²) in [7, 11) is 0. The van der Waals surface area contributed by atoms with Crippen LogP contribution < -0.4 is 16.0 Å². The minimum absolute atomic E-state index is 0.0148. The Morgan fingerprint density at radius 2 is 1.59 bits per heavy atom. The Bertz CT molecular complexity index is 744. The van der Waals surface area contributed by atoms with Crippen molar-refractivity contribution < 1.29 is 9.59 Å². The van der Waals surface area contributed by atoms with E-state index in [4.69, 9.17) is 0 Å². The maximum atomic E-state index is 12.4. The molecule has 1 unspecified atom stereocenters. The summed E-state index contributed by atoms with van der Waals surface area (Å²) in [4.78, 5) is 24.3. The van der Waals surface area contributed by atoms with Gasteiger partial charge in [-0.25, -0.2) is 0 Å². The first kappa shape index (κ1) is 22.5. The summed E-state index contributed by atoms with van der Waals surface area (Å²) in [6.45, 7) is 5.11. The fourth-order valence-electron chi connectivity index (χ4n) is 3.05. The average Bonchev–Trinajstić information content (AvgIpc) is 2.75. The molecule has 0 spiro atoms. The fourth-order valence-corrected chi connectivity index (χ4v) is 3.05. The van der Waals surface area contributed by atoms with E-state index in [1.54, 1.807) is 12.1 Å². The van der Waals surface area contributed by atoms with Crippen molar-refractivity contribution in [3.05, 3.63) is 65.7 Å². The molecule has 2 amide bonds. The second-order valence-electron chi connectivity index (χ2n) is 7.30. The Hall–Kier alpha value is -2.82. The van der Waals surface area contributed by atoms with Crippen molar-refractivity contribution in [2.24, 2.45) is 0 Å². The highest BCUT2D eigenvalue weighted by molar-refractivity contribution is 5.94. The molecule has 29 heavy (non-hydrogen) atoms. The first-order valence-electron chi connectivity index (χ1n) is 10.6. The Kier molecular flexibility index (Phi) is 9.76. The lowest BCUT2D eigenvalue weighted by Gasteiger charge is -2.14. The van der Waals surface area contributed by atoms with Gasteiger partial charge in [0, 0.05) is 17.8 Å². The van der Waals surface area contributed by atoms with Gasteiger partial charge in [-0.1, -0.05) is 62.9 Å². The lowest BCUT2D eigenvalue weighted by Crippen LogP contribution is -2.30. The Morgan fingerprint density at radius 1 is 0.897 bits per heavy atom. The molecule has 0 saturated carbocycles. The summed E-state index contributed by atoms with van der Waals surface area (Å²) in [6.07, 6.45) is 5.90. The van der Waals surface area contributed by atoms with E-state index in [0.29, 0.717) is 5.56 Å². The summed E-state index contributed by atoms with van der Waals surface area (Å²) in [6, 6.07) is 17.0. The number of hydrogen-bond donors (Lipinski definition) is 3. The molecule has 0 radical (unpaired) electrons. The van der Waals surface area contributed by atoms with Crippen LogP contribution >= 0.6 is 0 Å². The van der Waals surface area contributed by atoms with E-state index in [-0.39, 0.29) is 24.4 Å². The zero-order valence-corrected chi connectivity index (χ0v) is 17.5. The molecule has 1 atom stereocenters. The average molecular weight is 396 g/mol. The number of carbonyl (C=O) groups is 2. The van der Waals surface area contributed by atoms with Gasteiger partial charge in [-0.15, -0.1) is 0 Å². The molecule has 0 aliphatic heterocycles. The topological polar surface area (TPSA) is 70.2 Å². The predicted molar refractivity (Wildman–Crippen MR) is 119 cm³/mol. The van der Waals surface area contributed by atoms with Gasteiger partial charge in [-0.3, -0.25) is 9.59 Å². The maximum absolute atomic E-state index is 12.4. The van der Waals surface area contributed by atoms with Crippen molar-refractivity contribution >= 4 is 17.5 Å². The number of carbonyl (C=O) groups excluding carboxylic acids is 2. The van der Waals surface area contributed by atoms with Gasteiger partial charge >= 0.3 is 0 Å². The van der Waals surface area contributed by atoms with Gasteiger partial charge in [0.05, 0.1) is 12.6 Å². The third-order valence-corrected chi connectivity index (χ3v) is 4.85. The molecule has 0 aliphatic rings. The van der Waals surface area contributed by atoms with E-state index in [9.17, 15) is 9.59 Å². The van der Waals surface area contributed by atoms with Crippen LogP contribution in [0.2, 0.25) is 0 Å². The lowest BCUT2D eigenvalue weighted by atomic mass is 10.1. The first-order chi connectivity index (χ1) is 14.1. The quantitative estimate of drug-likeness (QED) is 0.457. The number of amides is 2. The summed E-state index contributed by atoms with van der Waals surface area (Å²) < 4.78 is 0. The smallest absolute Gasteiger partial charge is 0.251 e. The van der Waals surface area contributed by atoms with Crippen LogP contribution in [-0.2, 0) is 4.79 Å². The number of rotatable bonds is 12. The van der Waals surface area contributed by atoms with E-state index in [0.717, 1.165) is 30.6 Å². The van der Waals surface area contributed by atoms with Crippen LogP contribution in [0.25, 0.3) is 0 Å². The van der Waals surface area contributed by atoms with Gasteiger partial charge in [0.25, 0.3) is 5.91 Å². The van der Waals surface area contributed by atoms with Crippen LogP contribution in [0.3, 0.4) is 0 Å². The van der Waals surface area contributed by atoms with Gasteiger partial charge in [0.1, 0.15) is 0 Å². The first-order valence-corrected chi connectivity index (χ1v) is 10.6. The Balaban J connectivity index is 1.71. The molecular formula is C24H33N3O2. The second-order valence-corrected chi connectivity index (χ2v) is 7.30. The Morgan fingerprint density at radius 3 is 2.28 bits per heavy atom. The molecule has 0 aliphatic carbocycles. The maximum Gasteiger partial charge on any atom is 0.251 e. The highest BCUT2D eigenvalue weighted by Crippen LogP contribution is 2.14. The normalized spacial score (nSPS) is 11.5. The molecule has 2 rings (SSSR count). The van der Waals surface area contributed by atoms with E-state index in [1.807, 2.05) is 49.4 Å². The molecule has 0 saturated heterocycles. The molecule has 5 nitrogen and oxygen atoms in total. The molecule has 0 aromatic heterocycles. The highest BCUT2D eigenvalue weighted by Gasteiger charge is 2.11. The van der Waals surface area contributed by atoms with Crippen LogP contribution in [0, 0.1) is 0 Å². The molecule has 2 aromatic carbocycles. The number of nitrogens with one attached hydrogen (secondary N) is 3. The van der Waals surface area contributed by atoms with Gasteiger partial charge < -0.3 is 16.0 Å². The van der Waals surface area contributed by atoms with Crippen molar-refractivity contribution in [3.63, 3.8) is 0 Å². The fraction of sp³-hybridized carbons (Fsp3) is 0.417. The standard InChI is InChI=1S/C24H33N3O2/c1-3-4-5-6-10-17-25-23(28)18-26-22-15-13-21(14-16-22)24(29)27-19(2)20-11-8-7-9-12-20/h7-9,11-16,19,26H,3-6,10,17-18H2,1-2H3,(H,25,28)(H,27,29). The Labute approximate surface area is 174 Å². The number of anilines is 1. The monoisotopic (exact) mass is 395 g/mol. The largest absolute Gasteiger partial charge is 0.376 e. The van der Waals surface area contributed by atoms with Crippen molar-refractivity contribution in [1.82, 2.24) is 10.6 Å². The zero-order valence-electron chi connectivity index (χ0n) is 17.5. The van der Waals surface area contributed by atoms with E-state index in [1.165, 1.54) is 19.3 Å². The van der Waals surface area contributed by atoms with Gasteiger partial charge in [0.2, 0.25) is 5.91 Å². The molecule has 2 aromatic rings. The molecule has 0 heterocycles. The molecule has 5 heteroatoms. The van der Waals surface area contributed by atoms with Crippen molar-refractivity contribution in [2.45, 2.75) is 52.0 Å². The summed E-state index contributed by atoms with van der Waals surface area (Å²) >= 11 is 0. The molecule has 0 bridgehead atoms. The SMILES string of the molecule is CCCCCCCNC(=O)CNc1ccc(C(=O)NC(C)c2ccccc2)cc1. The molecule has 156 valence electrons. The van der Waals surface area contributed by atoms with E-state index >= 15 is 0 Å². The van der Waals surface area contributed by atoms with E-state index in [2.05, 4.69) is 22.9 Å². The summed E-state index contributed by atoms with van der Waals surface area (Å²) in [5, 5.41) is 9.03. The number of hydrogen-bond acceptors (Lipinski definition) is 3. The molecule has 0 fully saturated rings. The van der Waals surface area contributed by atoms with Crippen LogP contribution in [0.5, 0.6) is 0 Å². The van der Waals surface area contributed by atoms with Gasteiger partial charge in [-0.2, -0.15) is 0 Å². The lowest BCUT2D eigenvalue weighted by molar-refractivity contribution is -0.119. The van der Waals surface area contributed by atoms with Crippen LogP contribution in [-0.4, -0.2) is 24.9 Å². The number of unbranched alkanes of at least 4 members (excludes halogenated alkanes) is 4. The summed E-state index contributed by atoms with van der Waals surface area (Å²) in [5.41, 5.74) is 2.47.